The average Bonchev–Trinajstić information content (AvgIpc) is 1.96. The summed E-state index contributed by atoms with van der Waals surface area (Å²) in [5, 5.41) is 2.85. The summed E-state index contributed by atoms with van der Waals surface area (Å²) >= 11 is 0. The molecule has 0 aliphatic carbocycles. The number of piperidine rings is 1. The lowest BCUT2D eigenvalue weighted by Gasteiger charge is -2.34. The zero-order chi connectivity index (χ0) is 12.3. The fraction of sp³-hybridized carbons (Fsp3) is 0.909. The van der Waals surface area contributed by atoms with E-state index in [2.05, 4.69) is 10.2 Å². The van der Waals surface area contributed by atoms with Crippen molar-refractivity contribution in [1.29, 1.82) is 0 Å². The summed E-state index contributed by atoms with van der Waals surface area (Å²) in [5.41, 5.74) is 5.43. The Kier molecular flexibility index (Phi) is 4.15. The van der Waals surface area contributed by atoms with Gasteiger partial charge in [0, 0.05) is 25.2 Å². The highest BCUT2D eigenvalue weighted by Gasteiger charge is 2.25. The topological polar surface area (TPSA) is 67.6 Å². The lowest BCUT2D eigenvalue weighted by molar-refractivity contribution is 0.0474. The molecule has 1 heterocycles. The molecule has 0 spiro atoms. The Bertz CT molecular complexity index is 240. The molecule has 5 heteroatoms. The van der Waals surface area contributed by atoms with Crippen molar-refractivity contribution >= 4 is 6.09 Å². The van der Waals surface area contributed by atoms with Crippen LogP contribution in [0.1, 0.15) is 27.2 Å². The largest absolute Gasteiger partial charge is 0.444 e. The number of carbonyl (C=O) groups is 1. The Labute approximate surface area is 97.3 Å². The van der Waals surface area contributed by atoms with Gasteiger partial charge < -0.3 is 20.7 Å². The number of nitrogens with two attached hydrogens (primary N) is 1. The van der Waals surface area contributed by atoms with E-state index in [0.717, 1.165) is 19.5 Å². The van der Waals surface area contributed by atoms with E-state index in [1.807, 2.05) is 27.8 Å². The molecule has 1 aliphatic rings. The SMILES string of the molecule is CN1CC(N)CC(NC(=O)OC(C)(C)C)C1. The van der Waals surface area contributed by atoms with E-state index in [1.54, 1.807) is 0 Å². The second-order valence-corrected chi connectivity index (χ2v) is 5.56. The maximum absolute atomic E-state index is 11.5. The second kappa shape index (κ2) is 5.01. The van der Waals surface area contributed by atoms with Gasteiger partial charge in [0.2, 0.25) is 0 Å². The smallest absolute Gasteiger partial charge is 0.407 e. The summed E-state index contributed by atoms with van der Waals surface area (Å²) in [7, 11) is 2.00. The third kappa shape index (κ3) is 4.81. The van der Waals surface area contributed by atoms with Crippen LogP contribution < -0.4 is 11.1 Å². The van der Waals surface area contributed by atoms with E-state index in [0.29, 0.717) is 0 Å². The van der Waals surface area contributed by atoms with Gasteiger partial charge in [-0.05, 0) is 34.2 Å². The van der Waals surface area contributed by atoms with E-state index >= 15 is 0 Å². The van der Waals surface area contributed by atoms with Gasteiger partial charge in [0.05, 0.1) is 0 Å². The molecular weight excluding hydrogens is 206 g/mol. The quantitative estimate of drug-likeness (QED) is 0.689. The van der Waals surface area contributed by atoms with Crippen LogP contribution in [0.5, 0.6) is 0 Å². The van der Waals surface area contributed by atoms with E-state index < -0.39 is 5.60 Å². The first-order valence-electron chi connectivity index (χ1n) is 5.70. The van der Waals surface area contributed by atoms with Gasteiger partial charge in [0.15, 0.2) is 0 Å². The van der Waals surface area contributed by atoms with Gasteiger partial charge in [-0.3, -0.25) is 0 Å². The Morgan fingerprint density at radius 2 is 2.06 bits per heavy atom. The van der Waals surface area contributed by atoms with Crippen LogP contribution >= 0.6 is 0 Å². The predicted molar refractivity (Wildman–Crippen MR) is 63.2 cm³/mol. The molecule has 1 fully saturated rings. The Morgan fingerprint density at radius 1 is 1.44 bits per heavy atom. The number of likely N-dealkylation sites (tertiary alicyclic amines) is 1. The molecule has 5 nitrogen and oxygen atoms in total. The van der Waals surface area contributed by atoms with Gasteiger partial charge >= 0.3 is 6.09 Å². The molecule has 1 rings (SSSR count). The Morgan fingerprint density at radius 3 is 2.56 bits per heavy atom. The number of likely N-dealkylation sites (N-methyl/N-ethyl adjacent to an activating group) is 1. The average molecular weight is 229 g/mol. The first kappa shape index (κ1) is 13.3. The van der Waals surface area contributed by atoms with Gasteiger partial charge in [-0.1, -0.05) is 0 Å². The summed E-state index contributed by atoms with van der Waals surface area (Å²) in [5.74, 6) is 0. The number of nitrogens with zero attached hydrogens (tertiary/aromatic N) is 1. The summed E-state index contributed by atoms with van der Waals surface area (Å²) in [4.78, 5) is 13.7. The molecule has 0 saturated carbocycles. The van der Waals surface area contributed by atoms with Crippen LogP contribution in [-0.4, -0.2) is 48.8 Å². The number of carbonyl (C=O) groups excluding carboxylic acids is 1. The van der Waals surface area contributed by atoms with E-state index in [9.17, 15) is 4.79 Å². The number of amides is 1. The molecule has 3 N–H and O–H groups in total. The van der Waals surface area contributed by atoms with Gasteiger partial charge in [0.25, 0.3) is 0 Å². The standard InChI is InChI=1S/C11H23N3O2/c1-11(2,3)16-10(15)13-9-5-8(12)6-14(4)7-9/h8-9H,5-7,12H2,1-4H3,(H,13,15). The normalized spacial score (nSPS) is 27.6. The molecule has 16 heavy (non-hydrogen) atoms. The van der Waals surface area contributed by atoms with Gasteiger partial charge in [-0.15, -0.1) is 0 Å². The summed E-state index contributed by atoms with van der Waals surface area (Å²) < 4.78 is 5.20. The van der Waals surface area contributed by atoms with Crippen molar-refractivity contribution in [3.05, 3.63) is 0 Å². The lowest BCUT2D eigenvalue weighted by atomic mass is 10.0. The highest BCUT2D eigenvalue weighted by Crippen LogP contribution is 2.10. The van der Waals surface area contributed by atoms with Crippen molar-refractivity contribution in [2.24, 2.45) is 5.73 Å². The minimum absolute atomic E-state index is 0.0867. The number of ether oxygens (including phenoxy) is 1. The minimum Gasteiger partial charge on any atom is -0.444 e. The summed E-state index contributed by atoms with van der Waals surface area (Å²) in [6.07, 6.45) is 0.448. The molecule has 2 atom stereocenters. The van der Waals surface area contributed by atoms with E-state index in [4.69, 9.17) is 10.5 Å². The highest BCUT2D eigenvalue weighted by atomic mass is 16.6. The Balaban J connectivity index is 2.39. The molecule has 0 aromatic heterocycles. The van der Waals surface area contributed by atoms with E-state index in [1.165, 1.54) is 0 Å². The van der Waals surface area contributed by atoms with Crippen LogP contribution in [-0.2, 0) is 4.74 Å². The third-order valence-corrected chi connectivity index (χ3v) is 2.39. The zero-order valence-electron chi connectivity index (χ0n) is 10.6. The summed E-state index contributed by atoms with van der Waals surface area (Å²) in [6, 6.07) is 0.210. The van der Waals surface area contributed by atoms with Crippen LogP contribution in [0.15, 0.2) is 0 Å². The zero-order valence-corrected chi connectivity index (χ0v) is 10.6. The van der Waals surface area contributed by atoms with Crippen LogP contribution in [0, 0.1) is 0 Å². The van der Waals surface area contributed by atoms with Crippen LogP contribution in [0.25, 0.3) is 0 Å². The molecular formula is C11H23N3O2. The van der Waals surface area contributed by atoms with Crippen molar-refractivity contribution in [2.45, 2.75) is 44.9 Å². The molecule has 2 unspecified atom stereocenters. The molecule has 94 valence electrons. The van der Waals surface area contributed by atoms with Crippen LogP contribution in [0.2, 0.25) is 0 Å². The second-order valence-electron chi connectivity index (χ2n) is 5.56. The maximum Gasteiger partial charge on any atom is 0.407 e. The number of hydrogen-bond donors (Lipinski definition) is 2. The number of rotatable bonds is 1. The Hall–Kier alpha value is -0.810. The van der Waals surface area contributed by atoms with Crippen LogP contribution in [0.4, 0.5) is 4.79 Å². The van der Waals surface area contributed by atoms with Gasteiger partial charge in [-0.2, -0.15) is 0 Å². The van der Waals surface area contributed by atoms with Crippen LogP contribution in [0.3, 0.4) is 0 Å². The molecule has 0 aromatic rings. The molecule has 0 aromatic carbocycles. The van der Waals surface area contributed by atoms with Crippen molar-refractivity contribution in [3.63, 3.8) is 0 Å². The highest BCUT2D eigenvalue weighted by molar-refractivity contribution is 5.68. The fourth-order valence-electron chi connectivity index (χ4n) is 1.94. The molecule has 0 bridgehead atoms. The van der Waals surface area contributed by atoms with Gasteiger partial charge in [-0.25, -0.2) is 4.79 Å². The first-order chi connectivity index (χ1) is 7.26. The van der Waals surface area contributed by atoms with Crippen molar-refractivity contribution < 1.29 is 9.53 Å². The third-order valence-electron chi connectivity index (χ3n) is 2.39. The monoisotopic (exact) mass is 229 g/mol. The molecule has 1 saturated heterocycles. The maximum atomic E-state index is 11.5. The lowest BCUT2D eigenvalue weighted by Crippen LogP contribution is -2.54. The van der Waals surface area contributed by atoms with Crippen molar-refractivity contribution in [1.82, 2.24) is 10.2 Å². The van der Waals surface area contributed by atoms with Crippen molar-refractivity contribution in [3.8, 4) is 0 Å². The number of nitrogens with one attached hydrogen (secondary N) is 1. The minimum atomic E-state index is -0.452. The number of alkyl carbamates (subject to hydrolysis) is 1. The van der Waals surface area contributed by atoms with Crippen molar-refractivity contribution in [2.75, 3.05) is 20.1 Å². The molecule has 1 amide bonds. The first-order valence-corrected chi connectivity index (χ1v) is 5.70. The molecule has 0 radical (unpaired) electrons. The van der Waals surface area contributed by atoms with E-state index in [-0.39, 0.29) is 18.2 Å². The summed E-state index contributed by atoms with van der Waals surface area (Å²) in [6.45, 7) is 7.27. The fourth-order valence-corrected chi connectivity index (χ4v) is 1.94. The molecule has 1 aliphatic heterocycles. The number of hydrogen-bond acceptors (Lipinski definition) is 4. The predicted octanol–water partition coefficient (Wildman–Crippen LogP) is 0.543. The van der Waals surface area contributed by atoms with Gasteiger partial charge in [0.1, 0.15) is 5.60 Å².